The third-order valence-corrected chi connectivity index (χ3v) is 8.29. The van der Waals surface area contributed by atoms with E-state index in [1.54, 1.807) is 23.9 Å². The lowest BCUT2D eigenvalue weighted by Gasteiger charge is -2.28. The van der Waals surface area contributed by atoms with Crippen LogP contribution < -0.4 is 10.6 Å². The van der Waals surface area contributed by atoms with Crippen LogP contribution in [0, 0.1) is 23.6 Å². The van der Waals surface area contributed by atoms with E-state index in [4.69, 9.17) is 0 Å². The first-order chi connectivity index (χ1) is 19.0. The molecular formula is C29H36F3N5O3. The van der Waals surface area contributed by atoms with Gasteiger partial charge in [-0.25, -0.2) is 13.2 Å². The Hall–Kier alpha value is -3.37. The third kappa shape index (κ3) is 5.88. The first kappa shape index (κ1) is 28.2. The van der Waals surface area contributed by atoms with Gasteiger partial charge in [0.2, 0.25) is 11.8 Å². The Labute approximate surface area is 231 Å². The van der Waals surface area contributed by atoms with Crippen molar-refractivity contribution in [1.82, 2.24) is 20.0 Å². The lowest BCUT2D eigenvalue weighted by molar-refractivity contribution is -0.131. The van der Waals surface area contributed by atoms with Gasteiger partial charge in [-0.2, -0.15) is 5.10 Å². The van der Waals surface area contributed by atoms with Crippen molar-refractivity contribution in [2.45, 2.75) is 76.8 Å². The number of likely N-dealkylation sites (tertiary alicyclic amines) is 1. The highest BCUT2D eigenvalue weighted by Gasteiger charge is 2.48. The van der Waals surface area contributed by atoms with Gasteiger partial charge >= 0.3 is 0 Å². The van der Waals surface area contributed by atoms with Gasteiger partial charge in [-0.15, -0.1) is 0 Å². The summed E-state index contributed by atoms with van der Waals surface area (Å²) in [6, 6.07) is 4.77. The number of benzene rings is 1. The minimum Gasteiger partial charge on any atom is -0.339 e. The first-order valence-corrected chi connectivity index (χ1v) is 14.1. The molecule has 2 heterocycles. The number of alkyl halides is 2. The van der Waals surface area contributed by atoms with Crippen LogP contribution in [0.1, 0.15) is 74.5 Å². The van der Waals surface area contributed by atoms with Crippen LogP contribution in [0.15, 0.2) is 30.5 Å². The molecule has 3 fully saturated rings. The van der Waals surface area contributed by atoms with Crippen LogP contribution in [-0.4, -0.2) is 63.9 Å². The lowest BCUT2D eigenvalue weighted by Crippen LogP contribution is -2.50. The molecule has 0 radical (unpaired) electrons. The molecule has 8 nitrogen and oxygen atoms in total. The zero-order valence-corrected chi connectivity index (χ0v) is 22.9. The highest BCUT2D eigenvalue weighted by molar-refractivity contribution is 6.01. The van der Waals surface area contributed by atoms with E-state index in [2.05, 4.69) is 15.7 Å². The molecule has 1 aliphatic heterocycles. The molecule has 3 aliphatic rings. The second-order valence-corrected chi connectivity index (χ2v) is 11.7. The Morgan fingerprint density at radius 2 is 1.60 bits per heavy atom. The number of hydrogen-bond acceptors (Lipinski definition) is 4. The number of rotatable bonds is 10. The molecule has 0 spiro atoms. The molecular weight excluding hydrogens is 523 g/mol. The quantitative estimate of drug-likeness (QED) is 0.451. The molecule has 2 aromatic rings. The summed E-state index contributed by atoms with van der Waals surface area (Å²) in [6.45, 7) is 4.72. The summed E-state index contributed by atoms with van der Waals surface area (Å²) in [6.07, 6.45) is 2.06. The number of halogens is 3. The van der Waals surface area contributed by atoms with Crippen LogP contribution in [-0.2, 0) is 9.59 Å². The van der Waals surface area contributed by atoms with Crippen molar-refractivity contribution in [3.8, 4) is 0 Å². The number of nitrogens with one attached hydrogen (secondary N) is 2. The van der Waals surface area contributed by atoms with E-state index in [0.29, 0.717) is 23.1 Å². The van der Waals surface area contributed by atoms with Gasteiger partial charge in [0.1, 0.15) is 17.6 Å². The van der Waals surface area contributed by atoms with E-state index in [0.717, 1.165) is 36.6 Å². The molecule has 2 N–H and O–H groups in total. The van der Waals surface area contributed by atoms with Gasteiger partial charge in [-0.3, -0.25) is 19.1 Å². The number of nitrogens with zero attached hydrogens (tertiary/aromatic N) is 3. The molecule has 40 heavy (non-hydrogen) atoms. The maximum atomic E-state index is 15.2. The minimum atomic E-state index is -1.72. The lowest BCUT2D eigenvalue weighted by atomic mass is 9.88. The molecule has 0 unspecified atom stereocenters. The third-order valence-electron chi connectivity index (χ3n) is 8.29. The normalized spacial score (nSPS) is 22.4. The maximum Gasteiger partial charge on any atom is 0.270 e. The summed E-state index contributed by atoms with van der Waals surface area (Å²) in [5, 5.41) is 9.81. The van der Waals surface area contributed by atoms with Gasteiger partial charge in [-0.1, -0.05) is 6.07 Å². The van der Waals surface area contributed by atoms with Gasteiger partial charge in [0.05, 0.1) is 24.7 Å². The second-order valence-electron chi connectivity index (χ2n) is 11.7. The van der Waals surface area contributed by atoms with E-state index >= 15 is 4.39 Å². The number of carbonyl (C=O) groups excluding carboxylic acids is 3. The smallest absolute Gasteiger partial charge is 0.270 e. The predicted octanol–water partition coefficient (Wildman–Crippen LogP) is 4.40. The fourth-order valence-corrected chi connectivity index (χ4v) is 5.78. The maximum absolute atomic E-state index is 15.2. The monoisotopic (exact) mass is 559 g/mol. The van der Waals surface area contributed by atoms with Crippen molar-refractivity contribution in [3.63, 3.8) is 0 Å². The van der Waals surface area contributed by atoms with Crippen molar-refractivity contribution in [2.75, 3.05) is 18.4 Å². The van der Waals surface area contributed by atoms with E-state index in [-0.39, 0.29) is 30.7 Å². The van der Waals surface area contributed by atoms with Gasteiger partial charge < -0.3 is 15.5 Å². The van der Waals surface area contributed by atoms with Crippen LogP contribution in [0.2, 0.25) is 0 Å². The largest absolute Gasteiger partial charge is 0.339 e. The fraction of sp³-hybridized carbons (Fsp3) is 0.586. The van der Waals surface area contributed by atoms with Gasteiger partial charge in [0.25, 0.3) is 5.91 Å². The number of amides is 3. The van der Waals surface area contributed by atoms with Crippen molar-refractivity contribution < 1.29 is 27.6 Å². The topological polar surface area (TPSA) is 96.3 Å². The van der Waals surface area contributed by atoms with Crippen LogP contribution in [0.25, 0.3) is 0 Å². The molecule has 2 saturated carbocycles. The average Bonchev–Trinajstić information content (AvgIpc) is 3.85. The Balaban J connectivity index is 1.32. The van der Waals surface area contributed by atoms with Crippen molar-refractivity contribution in [2.24, 2.45) is 17.8 Å². The predicted molar refractivity (Wildman–Crippen MR) is 143 cm³/mol. The summed E-state index contributed by atoms with van der Waals surface area (Å²) in [4.78, 5) is 40.7. The number of aromatic nitrogens is 2. The van der Waals surface area contributed by atoms with Gasteiger partial charge in [0.15, 0.2) is 12.3 Å². The van der Waals surface area contributed by atoms with E-state index < -0.39 is 47.8 Å². The number of hydrogen-bond donors (Lipinski definition) is 2. The standard InChI is InChI=1S/C29H36F3N5O3/c1-15(2)37-24(10-11-33-37)27(38)35-26(25(17-4-5-17)18-6-7-18)28(39)34-23-9-8-19(12-20(23)30)16(3)29(40)36-13-21(31)22(32)14-36/h8-12,15-18,21-22,25-26H,4-7,13-14H2,1-3H3,(H,34,39)(H,35,38)/t16-,21-,22+,26-/m0/s1. The van der Waals surface area contributed by atoms with Crippen molar-refractivity contribution in [1.29, 1.82) is 0 Å². The molecule has 1 aromatic heterocycles. The van der Waals surface area contributed by atoms with Crippen LogP contribution >= 0.6 is 0 Å². The summed E-state index contributed by atoms with van der Waals surface area (Å²) in [7, 11) is 0. The number of carbonyl (C=O) groups is 3. The number of anilines is 1. The van der Waals surface area contributed by atoms with Crippen LogP contribution in [0.5, 0.6) is 0 Å². The average molecular weight is 560 g/mol. The molecule has 1 saturated heterocycles. The Morgan fingerprint density at radius 3 is 2.15 bits per heavy atom. The molecule has 2 aliphatic carbocycles. The van der Waals surface area contributed by atoms with Gasteiger partial charge in [0, 0.05) is 12.2 Å². The fourth-order valence-electron chi connectivity index (χ4n) is 5.78. The highest BCUT2D eigenvalue weighted by atomic mass is 19.2. The van der Waals surface area contributed by atoms with Crippen molar-refractivity contribution in [3.05, 3.63) is 47.5 Å². The van der Waals surface area contributed by atoms with E-state index in [9.17, 15) is 23.2 Å². The zero-order valence-electron chi connectivity index (χ0n) is 22.9. The molecule has 0 bridgehead atoms. The second kappa shape index (κ2) is 11.2. The molecule has 11 heteroatoms. The summed E-state index contributed by atoms with van der Waals surface area (Å²) in [5.74, 6) is -2.33. The van der Waals surface area contributed by atoms with E-state index in [1.807, 2.05) is 13.8 Å². The minimum absolute atomic E-state index is 0.0431. The van der Waals surface area contributed by atoms with E-state index in [1.165, 1.54) is 12.1 Å². The summed E-state index contributed by atoms with van der Waals surface area (Å²) >= 11 is 0. The highest BCUT2D eigenvalue weighted by Crippen LogP contribution is 2.51. The summed E-state index contributed by atoms with van der Waals surface area (Å²) in [5.41, 5.74) is 0.612. The zero-order chi connectivity index (χ0) is 28.7. The van der Waals surface area contributed by atoms with Crippen LogP contribution in [0.4, 0.5) is 18.9 Å². The Bertz CT molecular complexity index is 1250. The molecule has 3 amide bonds. The van der Waals surface area contributed by atoms with Crippen molar-refractivity contribution >= 4 is 23.4 Å². The SMILES string of the molecule is CC(C)n1nccc1C(=O)N[C@H](C(=O)Nc1ccc([C@H](C)C(=O)N2C[C@@H](F)[C@@H](F)C2)cc1F)C(C1CC1)C1CC1. The molecule has 5 rings (SSSR count). The van der Waals surface area contributed by atoms with Crippen LogP contribution in [0.3, 0.4) is 0 Å². The Kier molecular flexibility index (Phi) is 7.92. The first-order valence-electron chi connectivity index (χ1n) is 14.1. The van der Waals surface area contributed by atoms with Gasteiger partial charge in [-0.05, 0) is 88.0 Å². The molecule has 216 valence electrons. The molecule has 4 atom stereocenters. The Morgan fingerprint density at radius 1 is 0.975 bits per heavy atom. The summed E-state index contributed by atoms with van der Waals surface area (Å²) < 4.78 is 44.0. The molecule has 1 aromatic carbocycles.